The molecule has 0 radical (unpaired) electrons. The van der Waals surface area contributed by atoms with E-state index in [0.717, 1.165) is 25.0 Å². The van der Waals surface area contributed by atoms with E-state index in [9.17, 15) is 18.0 Å². The molecule has 2 rings (SSSR count). The highest BCUT2D eigenvalue weighted by Gasteiger charge is 2.32. The summed E-state index contributed by atoms with van der Waals surface area (Å²) >= 11 is 1.18. The lowest BCUT2D eigenvalue weighted by Crippen LogP contribution is -2.34. The van der Waals surface area contributed by atoms with Gasteiger partial charge in [0.15, 0.2) is 0 Å². The quantitative estimate of drug-likeness (QED) is 0.668. The largest absolute Gasteiger partial charge is 0.416 e. The van der Waals surface area contributed by atoms with Crippen molar-refractivity contribution in [3.05, 3.63) is 23.8 Å². The molecule has 0 aromatic heterocycles. The van der Waals surface area contributed by atoms with Gasteiger partial charge in [-0.25, -0.2) is 0 Å². The van der Waals surface area contributed by atoms with Gasteiger partial charge >= 0.3 is 6.18 Å². The lowest BCUT2D eigenvalue weighted by Gasteiger charge is -2.20. The van der Waals surface area contributed by atoms with Gasteiger partial charge in [0.05, 0.1) is 11.3 Å². The first-order valence-corrected chi connectivity index (χ1v) is 7.70. The number of carbonyl (C=O) groups is 1. The molecule has 1 amide bonds. The fraction of sp³-hybridized carbons (Fsp3) is 0.500. The summed E-state index contributed by atoms with van der Waals surface area (Å²) in [4.78, 5) is 14.4. The molecule has 1 fully saturated rings. The number of nitrogens with two attached hydrogens (primary N) is 1. The first kappa shape index (κ1) is 16.0. The van der Waals surface area contributed by atoms with Crippen LogP contribution in [0, 0.1) is 0 Å². The Morgan fingerprint density at radius 3 is 2.57 bits per heavy atom. The number of rotatable bonds is 5. The van der Waals surface area contributed by atoms with Crippen LogP contribution in [0.25, 0.3) is 0 Å². The van der Waals surface area contributed by atoms with Crippen LogP contribution < -0.4 is 5.73 Å². The molecule has 0 saturated heterocycles. The topological polar surface area (TPSA) is 46.3 Å². The van der Waals surface area contributed by atoms with Gasteiger partial charge in [-0.1, -0.05) is 0 Å². The van der Waals surface area contributed by atoms with Gasteiger partial charge in [-0.05, 0) is 38.0 Å². The van der Waals surface area contributed by atoms with Crippen LogP contribution in [0.15, 0.2) is 23.1 Å². The molecule has 0 bridgehead atoms. The smallest absolute Gasteiger partial charge is 0.398 e. The van der Waals surface area contributed by atoms with Crippen LogP contribution in [-0.4, -0.2) is 29.1 Å². The number of nitrogen functional groups attached to an aromatic ring is 1. The van der Waals surface area contributed by atoms with E-state index in [-0.39, 0.29) is 17.3 Å². The second-order valence-electron chi connectivity index (χ2n) is 4.95. The molecule has 0 unspecified atom stereocenters. The molecule has 1 aromatic carbocycles. The van der Waals surface area contributed by atoms with E-state index < -0.39 is 11.7 Å². The third-order valence-corrected chi connectivity index (χ3v) is 4.41. The van der Waals surface area contributed by atoms with Crippen molar-refractivity contribution in [3.8, 4) is 0 Å². The highest BCUT2D eigenvalue weighted by molar-refractivity contribution is 8.00. The number of thioether (sulfide) groups is 1. The zero-order chi connectivity index (χ0) is 15.6. The molecular weight excluding hydrogens is 301 g/mol. The number of amides is 1. The molecule has 1 aromatic rings. The van der Waals surface area contributed by atoms with Crippen LogP contribution >= 0.6 is 11.8 Å². The fourth-order valence-electron chi connectivity index (χ4n) is 2.10. The minimum absolute atomic E-state index is 0.00398. The maximum atomic E-state index is 12.5. The van der Waals surface area contributed by atoms with E-state index in [1.54, 1.807) is 0 Å². The van der Waals surface area contributed by atoms with Crippen LogP contribution in [-0.2, 0) is 11.0 Å². The summed E-state index contributed by atoms with van der Waals surface area (Å²) in [5.41, 5.74) is 4.92. The second kappa shape index (κ2) is 6.17. The zero-order valence-corrected chi connectivity index (χ0v) is 12.4. The second-order valence-corrected chi connectivity index (χ2v) is 5.97. The van der Waals surface area contributed by atoms with E-state index in [2.05, 4.69) is 0 Å². The minimum Gasteiger partial charge on any atom is -0.398 e. The standard InChI is InChI=1S/C14H17F3N2OS/c1-2-19(10-4-5-10)13(20)8-21-12-6-3-9(7-11(12)18)14(15,16)17/h3,6-7,10H,2,4-5,8,18H2,1H3. The highest BCUT2D eigenvalue weighted by atomic mass is 32.2. The molecule has 7 heteroatoms. The molecule has 116 valence electrons. The van der Waals surface area contributed by atoms with E-state index in [1.165, 1.54) is 17.8 Å². The molecule has 21 heavy (non-hydrogen) atoms. The van der Waals surface area contributed by atoms with Crippen LogP contribution in [0.2, 0.25) is 0 Å². The third-order valence-electron chi connectivity index (χ3n) is 3.34. The molecule has 2 N–H and O–H groups in total. The van der Waals surface area contributed by atoms with Gasteiger partial charge in [-0.15, -0.1) is 11.8 Å². The van der Waals surface area contributed by atoms with Crippen molar-refractivity contribution in [2.24, 2.45) is 0 Å². The SMILES string of the molecule is CCN(C(=O)CSc1ccc(C(F)(F)F)cc1N)C1CC1. The Bertz CT molecular complexity index is 529. The average molecular weight is 318 g/mol. The van der Waals surface area contributed by atoms with Gasteiger partial charge in [0.1, 0.15) is 0 Å². The van der Waals surface area contributed by atoms with Crippen molar-refractivity contribution in [1.82, 2.24) is 4.90 Å². The van der Waals surface area contributed by atoms with E-state index in [1.807, 2.05) is 11.8 Å². The number of hydrogen-bond donors (Lipinski definition) is 1. The van der Waals surface area contributed by atoms with Crippen LogP contribution in [0.5, 0.6) is 0 Å². The minimum atomic E-state index is -4.40. The van der Waals surface area contributed by atoms with Crippen molar-refractivity contribution in [1.29, 1.82) is 0 Å². The number of anilines is 1. The van der Waals surface area contributed by atoms with E-state index in [4.69, 9.17) is 5.73 Å². The van der Waals surface area contributed by atoms with E-state index in [0.29, 0.717) is 17.5 Å². The van der Waals surface area contributed by atoms with Gasteiger partial charge in [0.2, 0.25) is 5.91 Å². The lowest BCUT2D eigenvalue weighted by molar-refractivity contribution is -0.137. The normalized spacial score (nSPS) is 15.0. The predicted octanol–water partition coefficient (Wildman–Crippen LogP) is 3.39. The van der Waals surface area contributed by atoms with Crippen molar-refractivity contribution in [3.63, 3.8) is 0 Å². The number of nitrogens with zero attached hydrogens (tertiary/aromatic N) is 1. The molecule has 0 atom stereocenters. The fourth-order valence-corrected chi connectivity index (χ4v) is 2.94. The maximum absolute atomic E-state index is 12.5. The molecule has 1 saturated carbocycles. The Kier molecular flexibility index (Phi) is 4.70. The van der Waals surface area contributed by atoms with Crippen molar-refractivity contribution < 1.29 is 18.0 Å². The summed E-state index contributed by atoms with van der Waals surface area (Å²) < 4.78 is 37.6. The highest BCUT2D eigenvalue weighted by Crippen LogP contribution is 2.34. The summed E-state index contributed by atoms with van der Waals surface area (Å²) in [6.45, 7) is 2.58. The lowest BCUT2D eigenvalue weighted by atomic mass is 10.2. The number of benzene rings is 1. The summed E-state index contributed by atoms with van der Waals surface area (Å²) in [7, 11) is 0. The molecule has 1 aliphatic rings. The summed E-state index contributed by atoms with van der Waals surface area (Å²) in [6.07, 6.45) is -2.34. The number of halogens is 3. The Labute approximate surface area is 125 Å². The average Bonchev–Trinajstić information content (AvgIpc) is 3.21. The van der Waals surface area contributed by atoms with Gasteiger partial charge in [0, 0.05) is 23.2 Å². The Morgan fingerprint density at radius 1 is 1.43 bits per heavy atom. The molecule has 3 nitrogen and oxygen atoms in total. The summed E-state index contributed by atoms with van der Waals surface area (Å²) in [6, 6.07) is 3.56. The van der Waals surface area contributed by atoms with Crippen molar-refractivity contribution >= 4 is 23.4 Å². The van der Waals surface area contributed by atoms with Gasteiger partial charge in [-0.2, -0.15) is 13.2 Å². The number of carbonyl (C=O) groups excluding carboxylic acids is 1. The van der Waals surface area contributed by atoms with Gasteiger partial charge < -0.3 is 10.6 Å². The predicted molar refractivity (Wildman–Crippen MR) is 77.0 cm³/mol. The Morgan fingerprint density at radius 2 is 2.10 bits per heavy atom. The Balaban J connectivity index is 1.98. The zero-order valence-electron chi connectivity index (χ0n) is 11.6. The first-order valence-electron chi connectivity index (χ1n) is 6.72. The van der Waals surface area contributed by atoms with Crippen LogP contribution in [0.3, 0.4) is 0 Å². The van der Waals surface area contributed by atoms with E-state index >= 15 is 0 Å². The molecule has 0 spiro atoms. The monoisotopic (exact) mass is 318 g/mol. The molecule has 0 aliphatic heterocycles. The van der Waals surface area contributed by atoms with Crippen molar-refractivity contribution in [2.45, 2.75) is 36.9 Å². The van der Waals surface area contributed by atoms with Crippen molar-refractivity contribution in [2.75, 3.05) is 18.0 Å². The number of hydrogen-bond acceptors (Lipinski definition) is 3. The first-order chi connectivity index (χ1) is 9.82. The third kappa shape index (κ3) is 4.06. The van der Waals surface area contributed by atoms with Gasteiger partial charge in [0.25, 0.3) is 0 Å². The van der Waals surface area contributed by atoms with Gasteiger partial charge in [-0.3, -0.25) is 4.79 Å². The number of alkyl halides is 3. The Hall–Kier alpha value is -1.37. The molecule has 0 heterocycles. The van der Waals surface area contributed by atoms with Crippen LogP contribution in [0.1, 0.15) is 25.3 Å². The molecular formula is C14H17F3N2OS. The molecule has 1 aliphatic carbocycles. The maximum Gasteiger partial charge on any atom is 0.416 e. The summed E-state index contributed by atoms with van der Waals surface area (Å²) in [5.74, 6) is 0.198. The summed E-state index contributed by atoms with van der Waals surface area (Å²) in [5, 5.41) is 0. The van der Waals surface area contributed by atoms with Crippen LogP contribution in [0.4, 0.5) is 18.9 Å².